The van der Waals surface area contributed by atoms with Crippen LogP contribution in [0.25, 0.3) is 0 Å². The number of hydrogen-bond acceptors (Lipinski definition) is 2. The zero-order valence-corrected chi connectivity index (χ0v) is 9.50. The van der Waals surface area contributed by atoms with Gasteiger partial charge < -0.3 is 4.74 Å². The monoisotopic (exact) mass is 222 g/mol. The van der Waals surface area contributed by atoms with E-state index in [0.29, 0.717) is 12.0 Å². The van der Waals surface area contributed by atoms with Gasteiger partial charge >= 0.3 is 0 Å². The van der Waals surface area contributed by atoms with Crippen LogP contribution in [0.1, 0.15) is 25.8 Å². The summed E-state index contributed by atoms with van der Waals surface area (Å²) < 4.78 is 18.9. The van der Waals surface area contributed by atoms with Crippen molar-refractivity contribution in [2.75, 3.05) is 0 Å². The first-order valence-electron chi connectivity index (χ1n) is 5.40. The Morgan fingerprint density at radius 2 is 2.12 bits per heavy atom. The van der Waals surface area contributed by atoms with Crippen molar-refractivity contribution in [3.05, 3.63) is 35.6 Å². The molecule has 1 unspecified atom stereocenters. The number of ketones is 1. The molecule has 0 amide bonds. The van der Waals surface area contributed by atoms with E-state index in [1.54, 1.807) is 18.2 Å². The first-order valence-corrected chi connectivity index (χ1v) is 5.40. The van der Waals surface area contributed by atoms with Gasteiger partial charge in [-0.1, -0.05) is 32.0 Å². The van der Waals surface area contributed by atoms with Crippen LogP contribution >= 0.6 is 0 Å². The smallest absolute Gasteiger partial charge is 0.143 e. The third-order valence-corrected chi connectivity index (χ3v) is 3.29. The maximum absolute atomic E-state index is 13.3. The second kappa shape index (κ2) is 3.98. The summed E-state index contributed by atoms with van der Waals surface area (Å²) in [6.45, 7) is 3.96. The van der Waals surface area contributed by atoms with E-state index in [1.807, 2.05) is 13.8 Å². The second-order valence-corrected chi connectivity index (χ2v) is 4.74. The Balaban J connectivity index is 1.95. The highest BCUT2D eigenvalue weighted by Crippen LogP contribution is 2.39. The van der Waals surface area contributed by atoms with Crippen molar-refractivity contribution in [1.29, 1.82) is 0 Å². The van der Waals surface area contributed by atoms with Crippen LogP contribution in [0.4, 0.5) is 4.39 Å². The minimum absolute atomic E-state index is 0.0837. The van der Waals surface area contributed by atoms with Gasteiger partial charge in [0.05, 0.1) is 18.1 Å². The Morgan fingerprint density at radius 1 is 1.44 bits per heavy atom. The molecule has 1 atom stereocenters. The predicted octanol–water partition coefficient (Wildman–Crippen LogP) is 2.71. The fourth-order valence-corrected chi connectivity index (χ4v) is 1.81. The summed E-state index contributed by atoms with van der Waals surface area (Å²) in [7, 11) is 0. The molecule has 1 saturated carbocycles. The molecule has 1 aliphatic carbocycles. The fraction of sp³-hybridized carbons (Fsp3) is 0.462. The van der Waals surface area contributed by atoms with Gasteiger partial charge in [0.2, 0.25) is 0 Å². The molecule has 2 rings (SSSR count). The van der Waals surface area contributed by atoms with Crippen molar-refractivity contribution in [3.63, 3.8) is 0 Å². The quantitative estimate of drug-likeness (QED) is 0.786. The van der Waals surface area contributed by atoms with Crippen LogP contribution in [0.3, 0.4) is 0 Å². The number of ether oxygens (including phenoxy) is 1. The Morgan fingerprint density at radius 3 is 2.69 bits per heavy atom. The van der Waals surface area contributed by atoms with Crippen LogP contribution in [-0.4, -0.2) is 11.9 Å². The second-order valence-electron chi connectivity index (χ2n) is 4.74. The van der Waals surface area contributed by atoms with Gasteiger partial charge in [-0.2, -0.15) is 0 Å². The highest BCUT2D eigenvalue weighted by Gasteiger charge is 2.48. The van der Waals surface area contributed by atoms with Gasteiger partial charge in [-0.3, -0.25) is 4.79 Å². The van der Waals surface area contributed by atoms with Gasteiger partial charge in [0.15, 0.2) is 0 Å². The lowest BCUT2D eigenvalue weighted by Gasteiger charge is -2.41. The van der Waals surface area contributed by atoms with Crippen molar-refractivity contribution in [3.8, 4) is 0 Å². The molecule has 0 aromatic heterocycles. The van der Waals surface area contributed by atoms with E-state index in [9.17, 15) is 9.18 Å². The molecule has 86 valence electrons. The van der Waals surface area contributed by atoms with Crippen molar-refractivity contribution in [2.45, 2.75) is 33.0 Å². The largest absolute Gasteiger partial charge is 0.372 e. The molecule has 0 radical (unpaired) electrons. The molecule has 1 aliphatic rings. The standard InChI is InChI=1S/C13H15FO2/c1-13(2)11(15)7-12(13)16-8-9-5-3-4-6-10(9)14/h3-6,12H,7-8H2,1-2H3. The number of Topliss-reactive ketones (excluding diaryl/α,β-unsaturated/α-hetero) is 1. The molecule has 0 saturated heterocycles. The van der Waals surface area contributed by atoms with Gasteiger partial charge in [-0.05, 0) is 6.07 Å². The lowest BCUT2D eigenvalue weighted by Crippen LogP contribution is -2.51. The van der Waals surface area contributed by atoms with E-state index in [1.165, 1.54) is 6.07 Å². The molecule has 3 heteroatoms. The number of rotatable bonds is 3. The van der Waals surface area contributed by atoms with Crippen LogP contribution in [0.5, 0.6) is 0 Å². The molecule has 0 heterocycles. The van der Waals surface area contributed by atoms with Gasteiger partial charge in [-0.25, -0.2) is 4.39 Å². The Bertz CT molecular complexity index is 412. The van der Waals surface area contributed by atoms with Crippen LogP contribution < -0.4 is 0 Å². The number of carbonyl (C=O) groups excluding carboxylic acids is 1. The summed E-state index contributed by atoms with van der Waals surface area (Å²) in [5.74, 6) is -0.0445. The molecule has 16 heavy (non-hydrogen) atoms. The van der Waals surface area contributed by atoms with Crippen LogP contribution in [0.2, 0.25) is 0 Å². The molecular weight excluding hydrogens is 207 g/mol. The minimum atomic E-state index is -0.411. The zero-order valence-electron chi connectivity index (χ0n) is 9.50. The van der Waals surface area contributed by atoms with Gasteiger partial charge in [-0.15, -0.1) is 0 Å². The van der Waals surface area contributed by atoms with E-state index in [-0.39, 0.29) is 24.3 Å². The molecule has 2 nitrogen and oxygen atoms in total. The Labute approximate surface area is 94.4 Å². The highest BCUT2D eigenvalue weighted by molar-refractivity contribution is 5.91. The van der Waals surface area contributed by atoms with Crippen molar-refractivity contribution in [1.82, 2.24) is 0 Å². The van der Waals surface area contributed by atoms with E-state index in [0.717, 1.165) is 0 Å². The SMILES string of the molecule is CC1(C)C(=O)CC1OCc1ccccc1F. The molecule has 0 N–H and O–H groups in total. The van der Waals surface area contributed by atoms with Gasteiger partial charge in [0.25, 0.3) is 0 Å². The maximum Gasteiger partial charge on any atom is 0.143 e. The molecule has 0 aliphatic heterocycles. The molecule has 1 aromatic carbocycles. The first kappa shape index (κ1) is 11.3. The molecule has 0 bridgehead atoms. The molecule has 1 fully saturated rings. The summed E-state index contributed by atoms with van der Waals surface area (Å²) >= 11 is 0. The van der Waals surface area contributed by atoms with Crippen LogP contribution in [-0.2, 0) is 16.1 Å². The average Bonchev–Trinajstić information content (AvgIpc) is 2.26. The third kappa shape index (κ3) is 1.87. The maximum atomic E-state index is 13.3. The van der Waals surface area contributed by atoms with Crippen LogP contribution in [0, 0.1) is 11.2 Å². The normalized spacial score (nSPS) is 22.9. The third-order valence-electron chi connectivity index (χ3n) is 3.29. The number of halogens is 1. The van der Waals surface area contributed by atoms with Crippen molar-refractivity contribution < 1.29 is 13.9 Å². The van der Waals surface area contributed by atoms with Gasteiger partial charge in [0, 0.05) is 12.0 Å². The summed E-state index contributed by atoms with van der Waals surface area (Å²) in [6.07, 6.45) is 0.362. The zero-order chi connectivity index (χ0) is 11.8. The van der Waals surface area contributed by atoms with E-state index < -0.39 is 5.41 Å². The number of hydrogen-bond donors (Lipinski definition) is 0. The average molecular weight is 222 g/mol. The Kier molecular flexibility index (Phi) is 2.80. The van der Waals surface area contributed by atoms with Gasteiger partial charge in [0.1, 0.15) is 11.6 Å². The minimum Gasteiger partial charge on any atom is -0.372 e. The summed E-state index contributed by atoms with van der Waals surface area (Å²) in [5, 5.41) is 0. The lowest BCUT2D eigenvalue weighted by atomic mass is 9.68. The highest BCUT2D eigenvalue weighted by atomic mass is 19.1. The summed E-state index contributed by atoms with van der Waals surface area (Å²) in [6, 6.07) is 6.53. The predicted molar refractivity (Wildman–Crippen MR) is 58.4 cm³/mol. The molecular formula is C13H15FO2. The van der Waals surface area contributed by atoms with Crippen molar-refractivity contribution in [2.24, 2.45) is 5.41 Å². The number of carbonyl (C=O) groups is 1. The topological polar surface area (TPSA) is 26.3 Å². The summed E-state index contributed by atoms with van der Waals surface area (Å²) in [4.78, 5) is 11.3. The Hall–Kier alpha value is -1.22. The van der Waals surface area contributed by atoms with Crippen molar-refractivity contribution >= 4 is 5.78 Å². The van der Waals surface area contributed by atoms with Crippen LogP contribution in [0.15, 0.2) is 24.3 Å². The lowest BCUT2D eigenvalue weighted by molar-refractivity contribution is -0.160. The molecule has 0 spiro atoms. The van der Waals surface area contributed by atoms with E-state index >= 15 is 0 Å². The van der Waals surface area contributed by atoms with E-state index in [4.69, 9.17) is 4.74 Å². The summed E-state index contributed by atoms with van der Waals surface area (Å²) in [5.41, 5.74) is 0.128. The number of benzene rings is 1. The van der Waals surface area contributed by atoms with E-state index in [2.05, 4.69) is 0 Å². The first-order chi connectivity index (χ1) is 7.51. The molecule has 1 aromatic rings. The fourth-order valence-electron chi connectivity index (χ4n) is 1.81.